The maximum atomic E-state index is 9.40. The minimum atomic E-state index is -0.108. The van der Waals surface area contributed by atoms with Crippen molar-refractivity contribution < 1.29 is 10.2 Å². The van der Waals surface area contributed by atoms with Crippen molar-refractivity contribution in [2.75, 3.05) is 0 Å². The zero-order chi connectivity index (χ0) is 17.5. The third-order valence-corrected chi connectivity index (χ3v) is 3.67. The van der Waals surface area contributed by atoms with Crippen LogP contribution in [-0.2, 0) is 11.8 Å². The van der Waals surface area contributed by atoms with E-state index in [1.807, 2.05) is 24.3 Å². The number of aliphatic hydroxyl groups excluding tert-OH is 2. The molecule has 2 rings (SSSR count). The number of benzene rings is 2. The lowest BCUT2D eigenvalue weighted by atomic mass is 9.76. The van der Waals surface area contributed by atoms with Gasteiger partial charge in [-0.1, -0.05) is 68.4 Å². The minimum absolute atomic E-state index is 0.000000000000000222. The van der Waals surface area contributed by atoms with Gasteiger partial charge in [0.1, 0.15) is 0 Å². The van der Waals surface area contributed by atoms with E-state index in [1.54, 1.807) is 0 Å². The van der Waals surface area contributed by atoms with E-state index in [1.165, 1.54) is 18.1 Å². The molecule has 2 aromatic rings. The molecule has 0 aliphatic rings. The van der Waals surface area contributed by atoms with Crippen molar-refractivity contribution in [1.82, 2.24) is 0 Å². The standard InChI is InChI=1S/C17H18OS.C2H4OS/c1-17(2,14-9-4-3-5-10-14)15-11-7-6-8-13(15)12-16(18)19;1-2(3)4/h3-11H,12H2,1-2H3,(H,18,19);1H3,(H,3,4). The summed E-state index contributed by atoms with van der Waals surface area (Å²) in [5.74, 6) is 0. The molecule has 0 fully saturated rings. The summed E-state index contributed by atoms with van der Waals surface area (Å²) in [4.78, 5) is 0. The largest absolute Gasteiger partial charge is 0.502 e. The van der Waals surface area contributed by atoms with E-state index >= 15 is 0 Å². The van der Waals surface area contributed by atoms with Crippen LogP contribution in [0.2, 0.25) is 0 Å². The maximum absolute atomic E-state index is 9.40. The van der Waals surface area contributed by atoms with E-state index in [-0.39, 0.29) is 15.5 Å². The molecule has 0 saturated heterocycles. The van der Waals surface area contributed by atoms with Crippen molar-refractivity contribution in [2.24, 2.45) is 0 Å². The van der Waals surface area contributed by atoms with Crippen LogP contribution in [0.25, 0.3) is 0 Å². The van der Waals surface area contributed by atoms with Gasteiger partial charge in [-0.2, -0.15) is 0 Å². The molecule has 0 heterocycles. The summed E-state index contributed by atoms with van der Waals surface area (Å²) in [7, 11) is 0. The number of hydrogen-bond acceptors (Lipinski definition) is 2. The zero-order valence-electron chi connectivity index (χ0n) is 13.6. The molecule has 0 spiro atoms. The first kappa shape index (κ1) is 19.3. The van der Waals surface area contributed by atoms with Crippen LogP contribution in [0, 0.1) is 0 Å². The molecule has 0 amide bonds. The Labute approximate surface area is 148 Å². The molecular formula is C19H22O2S2. The summed E-state index contributed by atoms with van der Waals surface area (Å²) in [5.41, 5.74) is 3.44. The van der Waals surface area contributed by atoms with Crippen LogP contribution < -0.4 is 0 Å². The van der Waals surface area contributed by atoms with Gasteiger partial charge in [0, 0.05) is 18.8 Å². The molecule has 2 nitrogen and oxygen atoms in total. The highest BCUT2D eigenvalue weighted by molar-refractivity contribution is 7.80. The Balaban J connectivity index is 0.000000593. The molecule has 23 heavy (non-hydrogen) atoms. The summed E-state index contributed by atoms with van der Waals surface area (Å²) < 4.78 is 0. The van der Waals surface area contributed by atoms with E-state index in [0.29, 0.717) is 6.42 Å². The quantitative estimate of drug-likeness (QED) is 0.734. The van der Waals surface area contributed by atoms with Gasteiger partial charge in [-0.25, -0.2) is 0 Å². The topological polar surface area (TPSA) is 40.5 Å². The molecule has 0 aliphatic heterocycles. The fourth-order valence-corrected chi connectivity index (χ4v) is 2.61. The van der Waals surface area contributed by atoms with E-state index in [2.05, 4.69) is 56.4 Å². The van der Waals surface area contributed by atoms with Gasteiger partial charge in [0.2, 0.25) is 0 Å². The summed E-state index contributed by atoms with van der Waals surface area (Å²) in [6, 6.07) is 18.6. The molecular weight excluding hydrogens is 324 g/mol. The lowest BCUT2D eigenvalue weighted by Gasteiger charge is -2.28. The fraction of sp³-hybridized carbons (Fsp3) is 0.263. The van der Waals surface area contributed by atoms with Crippen LogP contribution in [0.3, 0.4) is 0 Å². The van der Waals surface area contributed by atoms with Crippen molar-refractivity contribution in [3.05, 3.63) is 71.3 Å². The van der Waals surface area contributed by atoms with E-state index in [0.717, 1.165) is 5.56 Å². The molecule has 0 aromatic heterocycles. The average Bonchev–Trinajstić information content (AvgIpc) is 2.47. The SMILES string of the molecule is CC(C)(c1ccccc1)c1ccccc1CC(O)=S.CC(O)=S. The van der Waals surface area contributed by atoms with Crippen molar-refractivity contribution >= 4 is 34.5 Å². The molecule has 4 heteroatoms. The van der Waals surface area contributed by atoms with E-state index < -0.39 is 0 Å². The highest BCUT2D eigenvalue weighted by atomic mass is 32.1. The minimum Gasteiger partial charge on any atom is -0.502 e. The van der Waals surface area contributed by atoms with E-state index in [9.17, 15) is 5.11 Å². The van der Waals surface area contributed by atoms with Crippen LogP contribution >= 0.6 is 24.4 Å². The van der Waals surface area contributed by atoms with Gasteiger partial charge in [-0.05, 0) is 41.1 Å². The predicted molar refractivity (Wildman–Crippen MR) is 105 cm³/mol. The van der Waals surface area contributed by atoms with E-state index in [4.69, 9.17) is 17.3 Å². The Morgan fingerprint density at radius 2 is 1.39 bits per heavy atom. The molecule has 122 valence electrons. The fourth-order valence-electron chi connectivity index (χ4n) is 2.46. The smallest absolute Gasteiger partial charge is 0.160 e. The summed E-state index contributed by atoms with van der Waals surface area (Å²) in [6.07, 6.45) is 0.432. The number of rotatable bonds is 4. The number of hydrogen-bond donors (Lipinski definition) is 2. The highest BCUT2D eigenvalue weighted by Gasteiger charge is 2.25. The van der Waals surface area contributed by atoms with Gasteiger partial charge in [0.15, 0.2) is 10.1 Å². The molecule has 0 bridgehead atoms. The van der Waals surface area contributed by atoms with Crippen LogP contribution in [-0.4, -0.2) is 20.3 Å². The second kappa shape index (κ2) is 8.75. The van der Waals surface area contributed by atoms with Gasteiger partial charge < -0.3 is 10.2 Å². The van der Waals surface area contributed by atoms with Gasteiger partial charge >= 0.3 is 0 Å². The highest BCUT2D eigenvalue weighted by Crippen LogP contribution is 2.33. The Morgan fingerprint density at radius 1 is 0.913 bits per heavy atom. The first-order valence-corrected chi connectivity index (χ1v) is 8.12. The summed E-state index contributed by atoms with van der Waals surface area (Å²) >= 11 is 8.92. The van der Waals surface area contributed by atoms with Crippen LogP contribution in [0.4, 0.5) is 0 Å². The van der Waals surface area contributed by atoms with Gasteiger partial charge in [0.05, 0.1) is 0 Å². The average molecular weight is 347 g/mol. The lowest BCUT2D eigenvalue weighted by Crippen LogP contribution is -2.21. The molecule has 2 aromatic carbocycles. The van der Waals surface area contributed by atoms with Crippen molar-refractivity contribution in [3.8, 4) is 0 Å². The zero-order valence-corrected chi connectivity index (χ0v) is 15.2. The number of aliphatic hydroxyl groups is 2. The van der Waals surface area contributed by atoms with Crippen LogP contribution in [0.15, 0.2) is 54.6 Å². The normalized spacial score (nSPS) is 10.4. The van der Waals surface area contributed by atoms with Crippen molar-refractivity contribution in [2.45, 2.75) is 32.6 Å². The van der Waals surface area contributed by atoms with Crippen molar-refractivity contribution in [3.63, 3.8) is 0 Å². The monoisotopic (exact) mass is 346 g/mol. The Morgan fingerprint density at radius 3 is 1.91 bits per heavy atom. The molecule has 0 atom stereocenters. The number of thiocarbonyl (C=S) groups is 2. The summed E-state index contributed by atoms with van der Waals surface area (Å²) in [5, 5.41) is 17.2. The predicted octanol–water partition coefficient (Wildman–Crippen LogP) is 5.33. The van der Waals surface area contributed by atoms with Crippen molar-refractivity contribution in [1.29, 1.82) is 0 Å². The third kappa shape index (κ3) is 6.08. The second-order valence-corrected chi connectivity index (χ2v) is 6.80. The second-order valence-electron chi connectivity index (χ2n) is 5.74. The van der Waals surface area contributed by atoms with Gasteiger partial charge in [0.25, 0.3) is 0 Å². The maximum Gasteiger partial charge on any atom is 0.160 e. The molecule has 0 aliphatic carbocycles. The first-order valence-electron chi connectivity index (χ1n) is 7.30. The van der Waals surface area contributed by atoms with Gasteiger partial charge in [-0.3, -0.25) is 0 Å². The summed E-state index contributed by atoms with van der Waals surface area (Å²) in [6.45, 7) is 5.85. The van der Waals surface area contributed by atoms with Crippen LogP contribution in [0.5, 0.6) is 0 Å². The Hall–Kier alpha value is -1.78. The third-order valence-electron chi connectivity index (χ3n) is 3.53. The first-order chi connectivity index (χ1) is 10.7. The molecule has 2 N–H and O–H groups in total. The van der Waals surface area contributed by atoms with Gasteiger partial charge in [-0.15, -0.1) is 0 Å². The molecule has 0 radical (unpaired) electrons. The molecule has 0 unspecified atom stereocenters. The Kier molecular flexibility index (Phi) is 7.33. The lowest BCUT2D eigenvalue weighted by molar-refractivity contribution is 0.553. The molecule has 0 saturated carbocycles. The Bertz CT molecular complexity index is 660. The van der Waals surface area contributed by atoms with Crippen LogP contribution in [0.1, 0.15) is 37.5 Å².